The lowest BCUT2D eigenvalue weighted by atomic mass is 10.0. The van der Waals surface area contributed by atoms with E-state index in [1.807, 2.05) is 0 Å². The van der Waals surface area contributed by atoms with E-state index in [1.165, 1.54) is 0 Å². The highest BCUT2D eigenvalue weighted by Gasteiger charge is 2.17. The number of nitrogens with zero attached hydrogens (tertiary/aromatic N) is 2. The van der Waals surface area contributed by atoms with Crippen LogP contribution in [0.3, 0.4) is 0 Å². The van der Waals surface area contributed by atoms with Crippen molar-refractivity contribution >= 4 is 0 Å². The van der Waals surface area contributed by atoms with Gasteiger partial charge in [0.1, 0.15) is 0 Å². The standard InChI is InChI=1S/C12H18N2O3/c1-9-7-11(15)14(12(13-9)16-2)8-10-3-5-17-6-4-10/h7,10H,3-6,8H2,1-2H3. The summed E-state index contributed by atoms with van der Waals surface area (Å²) in [6.07, 6.45) is 1.98. The molecule has 5 nitrogen and oxygen atoms in total. The maximum atomic E-state index is 11.9. The number of methoxy groups -OCH3 is 1. The Labute approximate surface area is 100 Å². The van der Waals surface area contributed by atoms with E-state index in [-0.39, 0.29) is 5.56 Å². The minimum absolute atomic E-state index is 0.0409. The molecule has 0 bridgehead atoms. The third-order valence-corrected chi connectivity index (χ3v) is 3.07. The van der Waals surface area contributed by atoms with Crippen molar-refractivity contribution in [2.45, 2.75) is 26.3 Å². The van der Waals surface area contributed by atoms with Crippen molar-refractivity contribution in [3.05, 3.63) is 22.1 Å². The Morgan fingerprint density at radius 1 is 1.53 bits per heavy atom. The van der Waals surface area contributed by atoms with E-state index in [4.69, 9.17) is 9.47 Å². The zero-order valence-corrected chi connectivity index (χ0v) is 10.3. The Morgan fingerprint density at radius 3 is 2.88 bits per heavy atom. The molecular weight excluding hydrogens is 220 g/mol. The van der Waals surface area contributed by atoms with E-state index in [0.29, 0.717) is 24.2 Å². The topological polar surface area (TPSA) is 53.3 Å². The minimum atomic E-state index is -0.0409. The number of rotatable bonds is 3. The molecule has 1 aliphatic rings. The quantitative estimate of drug-likeness (QED) is 0.788. The molecule has 5 heteroatoms. The highest BCUT2D eigenvalue weighted by molar-refractivity contribution is 5.06. The van der Waals surface area contributed by atoms with Crippen molar-refractivity contribution in [3.8, 4) is 6.01 Å². The van der Waals surface area contributed by atoms with Gasteiger partial charge in [-0.05, 0) is 25.7 Å². The average molecular weight is 238 g/mol. The second-order valence-corrected chi connectivity index (χ2v) is 4.39. The van der Waals surface area contributed by atoms with Crippen LogP contribution >= 0.6 is 0 Å². The van der Waals surface area contributed by atoms with Gasteiger partial charge >= 0.3 is 0 Å². The Kier molecular flexibility index (Phi) is 3.78. The summed E-state index contributed by atoms with van der Waals surface area (Å²) >= 11 is 0. The maximum Gasteiger partial charge on any atom is 0.299 e. The Balaban J connectivity index is 2.21. The molecule has 2 rings (SSSR count). The molecule has 0 N–H and O–H groups in total. The number of ether oxygens (including phenoxy) is 2. The lowest BCUT2D eigenvalue weighted by Crippen LogP contribution is -2.28. The molecular formula is C12H18N2O3. The summed E-state index contributed by atoms with van der Waals surface area (Å²) < 4.78 is 12.1. The molecule has 2 heterocycles. The molecule has 0 saturated carbocycles. The number of hydrogen-bond acceptors (Lipinski definition) is 4. The molecule has 0 aromatic carbocycles. The van der Waals surface area contributed by atoms with Crippen LogP contribution < -0.4 is 10.3 Å². The van der Waals surface area contributed by atoms with Crippen LogP contribution in [-0.2, 0) is 11.3 Å². The summed E-state index contributed by atoms with van der Waals surface area (Å²) in [5.41, 5.74) is 0.649. The summed E-state index contributed by atoms with van der Waals surface area (Å²) in [6.45, 7) is 4.02. The molecule has 1 aromatic heterocycles. The van der Waals surface area contributed by atoms with Gasteiger partial charge in [-0.3, -0.25) is 9.36 Å². The van der Waals surface area contributed by atoms with Crippen molar-refractivity contribution in [1.82, 2.24) is 9.55 Å². The van der Waals surface area contributed by atoms with Crippen LogP contribution in [-0.4, -0.2) is 29.9 Å². The summed E-state index contributed by atoms with van der Waals surface area (Å²) in [7, 11) is 1.54. The van der Waals surface area contributed by atoms with Crippen LogP contribution in [0.25, 0.3) is 0 Å². The third kappa shape index (κ3) is 2.85. The summed E-state index contributed by atoms with van der Waals surface area (Å²) in [4.78, 5) is 16.1. The van der Waals surface area contributed by atoms with Crippen LogP contribution in [0, 0.1) is 12.8 Å². The predicted molar refractivity (Wildman–Crippen MR) is 63.3 cm³/mol. The highest BCUT2D eigenvalue weighted by atomic mass is 16.5. The molecule has 0 spiro atoms. The lowest BCUT2D eigenvalue weighted by molar-refractivity contribution is 0.0599. The molecule has 1 aliphatic heterocycles. The molecule has 17 heavy (non-hydrogen) atoms. The molecule has 0 radical (unpaired) electrons. The van der Waals surface area contributed by atoms with Crippen molar-refractivity contribution in [2.75, 3.05) is 20.3 Å². The van der Waals surface area contributed by atoms with E-state index >= 15 is 0 Å². The molecule has 0 atom stereocenters. The van der Waals surface area contributed by atoms with Crippen LogP contribution in [0.2, 0.25) is 0 Å². The van der Waals surface area contributed by atoms with Crippen molar-refractivity contribution < 1.29 is 9.47 Å². The molecule has 1 fully saturated rings. The number of hydrogen-bond donors (Lipinski definition) is 0. The summed E-state index contributed by atoms with van der Waals surface area (Å²) in [6, 6.07) is 1.95. The fourth-order valence-electron chi connectivity index (χ4n) is 2.11. The largest absolute Gasteiger partial charge is 0.468 e. The number of aryl methyl sites for hydroxylation is 1. The van der Waals surface area contributed by atoms with Crippen LogP contribution in [0.4, 0.5) is 0 Å². The van der Waals surface area contributed by atoms with Gasteiger partial charge in [0.2, 0.25) is 0 Å². The normalized spacial score (nSPS) is 17.1. The van der Waals surface area contributed by atoms with Gasteiger partial charge in [-0.1, -0.05) is 0 Å². The van der Waals surface area contributed by atoms with Crippen molar-refractivity contribution in [1.29, 1.82) is 0 Å². The first-order chi connectivity index (χ1) is 8.20. The first kappa shape index (κ1) is 12.1. The molecule has 0 unspecified atom stereocenters. The van der Waals surface area contributed by atoms with E-state index in [0.717, 1.165) is 26.1 Å². The second-order valence-electron chi connectivity index (χ2n) is 4.39. The molecule has 0 amide bonds. The molecule has 1 saturated heterocycles. The van der Waals surface area contributed by atoms with Crippen LogP contribution in [0.15, 0.2) is 10.9 Å². The van der Waals surface area contributed by atoms with Crippen molar-refractivity contribution in [3.63, 3.8) is 0 Å². The van der Waals surface area contributed by atoms with E-state index in [1.54, 1.807) is 24.7 Å². The van der Waals surface area contributed by atoms with Gasteiger partial charge in [0.15, 0.2) is 0 Å². The third-order valence-electron chi connectivity index (χ3n) is 3.07. The second kappa shape index (κ2) is 5.31. The van der Waals surface area contributed by atoms with Gasteiger partial charge in [0.05, 0.1) is 7.11 Å². The van der Waals surface area contributed by atoms with Crippen molar-refractivity contribution in [2.24, 2.45) is 5.92 Å². The number of aromatic nitrogens is 2. The van der Waals surface area contributed by atoms with Crippen LogP contribution in [0.1, 0.15) is 18.5 Å². The van der Waals surface area contributed by atoms with E-state index < -0.39 is 0 Å². The smallest absolute Gasteiger partial charge is 0.299 e. The highest BCUT2D eigenvalue weighted by Crippen LogP contribution is 2.18. The summed E-state index contributed by atoms with van der Waals surface area (Å²) in [5, 5.41) is 0. The summed E-state index contributed by atoms with van der Waals surface area (Å²) in [5.74, 6) is 0.472. The predicted octanol–water partition coefficient (Wildman–Crippen LogP) is 0.987. The SMILES string of the molecule is COc1nc(C)cc(=O)n1CC1CCOCC1. The minimum Gasteiger partial charge on any atom is -0.468 e. The molecule has 0 aliphatic carbocycles. The zero-order valence-electron chi connectivity index (χ0n) is 10.3. The first-order valence-corrected chi connectivity index (χ1v) is 5.91. The molecule has 94 valence electrons. The average Bonchev–Trinajstić information content (AvgIpc) is 2.33. The van der Waals surface area contributed by atoms with Gasteiger partial charge in [0.25, 0.3) is 11.6 Å². The van der Waals surface area contributed by atoms with E-state index in [2.05, 4.69) is 4.98 Å². The molecule has 1 aromatic rings. The van der Waals surface area contributed by atoms with Gasteiger partial charge in [-0.25, -0.2) is 4.98 Å². The maximum absolute atomic E-state index is 11.9. The van der Waals surface area contributed by atoms with E-state index in [9.17, 15) is 4.79 Å². The Morgan fingerprint density at radius 2 is 2.24 bits per heavy atom. The fraction of sp³-hybridized carbons (Fsp3) is 0.667. The zero-order chi connectivity index (χ0) is 12.3. The van der Waals surface area contributed by atoms with Gasteiger partial charge < -0.3 is 9.47 Å². The Hall–Kier alpha value is -1.36. The Bertz CT molecular complexity index is 436. The first-order valence-electron chi connectivity index (χ1n) is 5.91. The van der Waals surface area contributed by atoms with Gasteiger partial charge in [-0.2, -0.15) is 0 Å². The lowest BCUT2D eigenvalue weighted by Gasteiger charge is -2.23. The monoisotopic (exact) mass is 238 g/mol. The van der Waals surface area contributed by atoms with Crippen LogP contribution in [0.5, 0.6) is 6.01 Å². The van der Waals surface area contributed by atoms with Gasteiger partial charge in [0, 0.05) is 31.5 Å². The van der Waals surface area contributed by atoms with Gasteiger partial charge in [-0.15, -0.1) is 0 Å². The fourth-order valence-corrected chi connectivity index (χ4v) is 2.11.